The number of carbonyl (C=O) groups is 1. The van der Waals surface area contributed by atoms with Crippen molar-refractivity contribution in [1.82, 2.24) is 30.0 Å². The van der Waals surface area contributed by atoms with Crippen LogP contribution in [0.5, 0.6) is 0 Å². The summed E-state index contributed by atoms with van der Waals surface area (Å²) < 4.78 is 3.04. The molecule has 0 saturated carbocycles. The third kappa shape index (κ3) is 2.86. The number of fused-ring (bicyclic) bond motifs is 2. The van der Waals surface area contributed by atoms with Crippen molar-refractivity contribution in [3.63, 3.8) is 0 Å². The number of aromatic amines is 2. The van der Waals surface area contributed by atoms with E-state index >= 15 is 0 Å². The van der Waals surface area contributed by atoms with Gasteiger partial charge in [0.2, 0.25) is 0 Å². The molecule has 3 N–H and O–H groups in total. The smallest absolute Gasteiger partial charge is 0.269 e. The molecule has 0 spiro atoms. The molecule has 4 aromatic rings. The molecule has 1 amide bonds. The minimum absolute atomic E-state index is 0.0651. The van der Waals surface area contributed by atoms with E-state index in [1.807, 2.05) is 36.7 Å². The summed E-state index contributed by atoms with van der Waals surface area (Å²) in [6.07, 6.45) is 5.45. The summed E-state index contributed by atoms with van der Waals surface area (Å²) in [6, 6.07) is 9.90. The number of amides is 1. The lowest BCUT2D eigenvalue weighted by Gasteiger charge is -2.25. The summed E-state index contributed by atoms with van der Waals surface area (Å²) >= 11 is 3.50. The van der Waals surface area contributed by atoms with Gasteiger partial charge in [-0.3, -0.25) is 9.89 Å². The highest BCUT2D eigenvalue weighted by Gasteiger charge is 2.23. The zero-order valence-corrected chi connectivity index (χ0v) is 16.0. The molecular formula is C19H17BrN6O. The molecule has 3 aromatic heterocycles. The number of carbonyl (C=O) groups excluding carboxylic acids is 1. The zero-order valence-electron chi connectivity index (χ0n) is 14.4. The predicted octanol–water partition coefficient (Wildman–Crippen LogP) is 3.26. The van der Waals surface area contributed by atoms with Gasteiger partial charge in [-0.2, -0.15) is 5.10 Å². The Kier molecular flexibility index (Phi) is 3.86. The number of halogens is 1. The molecule has 0 bridgehead atoms. The van der Waals surface area contributed by atoms with Gasteiger partial charge in [0.05, 0.1) is 11.9 Å². The van der Waals surface area contributed by atoms with Crippen LogP contribution in [0.15, 0.2) is 47.3 Å². The van der Waals surface area contributed by atoms with E-state index in [2.05, 4.69) is 46.0 Å². The van der Waals surface area contributed by atoms with Gasteiger partial charge < -0.3 is 14.9 Å². The summed E-state index contributed by atoms with van der Waals surface area (Å²) in [7, 11) is 0. The van der Waals surface area contributed by atoms with E-state index < -0.39 is 0 Å². The van der Waals surface area contributed by atoms with Gasteiger partial charge in [-0.15, -0.1) is 0 Å². The van der Waals surface area contributed by atoms with E-state index in [0.717, 1.165) is 45.4 Å². The number of hydrogen-bond donors (Lipinski definition) is 3. The van der Waals surface area contributed by atoms with E-state index in [0.29, 0.717) is 12.2 Å². The number of rotatable bonds is 3. The van der Waals surface area contributed by atoms with Crippen LogP contribution in [-0.2, 0) is 13.0 Å². The standard InChI is InChI=1S/C19H17BrN6O/c20-17-9-22-18-6-5-11(10-26(17)18)23-19(27)16-7-15(24-25-16)13-8-21-14-4-2-1-3-12(13)14/h1-4,7-9,11,21H,5-6,10H2,(H,23,27)(H,24,25). The van der Waals surface area contributed by atoms with Crippen LogP contribution in [-0.4, -0.2) is 36.7 Å². The molecule has 8 heteroatoms. The molecule has 1 aromatic carbocycles. The number of benzene rings is 1. The number of aromatic nitrogens is 5. The van der Waals surface area contributed by atoms with Gasteiger partial charge >= 0.3 is 0 Å². The number of nitrogens with zero attached hydrogens (tertiary/aromatic N) is 3. The fourth-order valence-electron chi connectivity index (χ4n) is 3.64. The van der Waals surface area contributed by atoms with Gasteiger partial charge in [0, 0.05) is 41.7 Å². The summed E-state index contributed by atoms with van der Waals surface area (Å²) in [5.74, 6) is 0.911. The van der Waals surface area contributed by atoms with Crippen LogP contribution in [0.1, 0.15) is 22.7 Å². The first kappa shape index (κ1) is 16.3. The van der Waals surface area contributed by atoms with Crippen LogP contribution < -0.4 is 5.32 Å². The van der Waals surface area contributed by atoms with Crippen LogP contribution in [0.3, 0.4) is 0 Å². The zero-order chi connectivity index (χ0) is 18.4. The van der Waals surface area contributed by atoms with Crippen molar-refractivity contribution in [3.05, 3.63) is 58.8 Å². The average Bonchev–Trinajstić information content (AvgIpc) is 3.40. The number of para-hydroxylation sites is 1. The minimum Gasteiger partial charge on any atom is -0.360 e. The fraction of sp³-hybridized carbons (Fsp3) is 0.211. The Bertz CT molecular complexity index is 1140. The maximum Gasteiger partial charge on any atom is 0.269 e. The molecule has 0 saturated heterocycles. The molecular weight excluding hydrogens is 408 g/mol. The lowest BCUT2D eigenvalue weighted by Crippen LogP contribution is -2.41. The van der Waals surface area contributed by atoms with Gasteiger partial charge in [0.1, 0.15) is 16.1 Å². The van der Waals surface area contributed by atoms with Crippen molar-refractivity contribution in [2.24, 2.45) is 0 Å². The lowest BCUT2D eigenvalue weighted by molar-refractivity contribution is 0.0922. The first-order valence-corrected chi connectivity index (χ1v) is 9.61. The Labute approximate surface area is 163 Å². The van der Waals surface area contributed by atoms with E-state index in [1.54, 1.807) is 6.07 Å². The molecule has 27 heavy (non-hydrogen) atoms. The van der Waals surface area contributed by atoms with Crippen molar-refractivity contribution < 1.29 is 4.79 Å². The molecule has 1 atom stereocenters. The fourth-order valence-corrected chi connectivity index (χ4v) is 4.09. The van der Waals surface area contributed by atoms with E-state index in [1.165, 1.54) is 0 Å². The molecule has 1 aliphatic rings. The largest absolute Gasteiger partial charge is 0.360 e. The van der Waals surface area contributed by atoms with Crippen LogP contribution in [0, 0.1) is 0 Å². The first-order valence-electron chi connectivity index (χ1n) is 8.82. The van der Waals surface area contributed by atoms with Crippen molar-refractivity contribution in [2.45, 2.75) is 25.4 Å². The molecule has 1 unspecified atom stereocenters. The lowest BCUT2D eigenvalue weighted by atomic mass is 10.1. The SMILES string of the molecule is O=C(NC1CCc2ncc(Br)n2C1)c1cc(-c2c[nH]c3ccccc23)n[nH]1. The summed E-state index contributed by atoms with van der Waals surface area (Å²) in [6.45, 7) is 0.713. The Hall–Kier alpha value is -2.87. The van der Waals surface area contributed by atoms with Gasteiger partial charge in [0.25, 0.3) is 5.91 Å². The molecule has 4 heterocycles. The van der Waals surface area contributed by atoms with Crippen molar-refractivity contribution in [2.75, 3.05) is 0 Å². The Morgan fingerprint density at radius 3 is 3.15 bits per heavy atom. The highest BCUT2D eigenvalue weighted by molar-refractivity contribution is 9.10. The quantitative estimate of drug-likeness (QED) is 0.471. The molecule has 0 radical (unpaired) electrons. The predicted molar refractivity (Wildman–Crippen MR) is 105 cm³/mol. The van der Waals surface area contributed by atoms with Gasteiger partial charge in [-0.25, -0.2) is 4.98 Å². The molecule has 0 fully saturated rings. The van der Waals surface area contributed by atoms with Crippen LogP contribution in [0.4, 0.5) is 0 Å². The summed E-state index contributed by atoms with van der Waals surface area (Å²) in [4.78, 5) is 20.3. The molecule has 136 valence electrons. The monoisotopic (exact) mass is 424 g/mol. The highest BCUT2D eigenvalue weighted by atomic mass is 79.9. The van der Waals surface area contributed by atoms with Gasteiger partial charge in [-0.05, 0) is 34.5 Å². The molecule has 7 nitrogen and oxygen atoms in total. The third-order valence-corrected chi connectivity index (χ3v) is 5.66. The Balaban J connectivity index is 1.34. The maximum absolute atomic E-state index is 12.7. The number of hydrogen-bond acceptors (Lipinski definition) is 3. The number of imidazole rings is 1. The molecule has 5 rings (SSSR count). The minimum atomic E-state index is -0.140. The highest BCUT2D eigenvalue weighted by Crippen LogP contribution is 2.27. The normalized spacial score (nSPS) is 16.4. The van der Waals surface area contributed by atoms with Crippen molar-refractivity contribution >= 4 is 32.7 Å². The second kappa shape index (κ2) is 6.38. The Morgan fingerprint density at radius 2 is 2.22 bits per heavy atom. The van der Waals surface area contributed by atoms with Crippen LogP contribution >= 0.6 is 15.9 Å². The summed E-state index contributed by atoms with van der Waals surface area (Å²) in [5.41, 5.74) is 3.24. The van der Waals surface area contributed by atoms with E-state index in [-0.39, 0.29) is 11.9 Å². The molecule has 1 aliphatic heterocycles. The number of nitrogens with one attached hydrogen (secondary N) is 3. The van der Waals surface area contributed by atoms with E-state index in [9.17, 15) is 4.79 Å². The van der Waals surface area contributed by atoms with Crippen LogP contribution in [0.25, 0.3) is 22.2 Å². The molecule has 0 aliphatic carbocycles. The first-order chi connectivity index (χ1) is 13.2. The second-order valence-electron chi connectivity index (χ2n) is 6.73. The van der Waals surface area contributed by atoms with Gasteiger partial charge in [-0.1, -0.05) is 18.2 Å². The van der Waals surface area contributed by atoms with Crippen molar-refractivity contribution in [1.29, 1.82) is 0 Å². The second-order valence-corrected chi connectivity index (χ2v) is 7.54. The third-order valence-electron chi connectivity index (χ3n) is 5.03. The average molecular weight is 425 g/mol. The van der Waals surface area contributed by atoms with Crippen molar-refractivity contribution in [3.8, 4) is 11.3 Å². The van der Waals surface area contributed by atoms with Gasteiger partial charge in [0.15, 0.2) is 0 Å². The maximum atomic E-state index is 12.7. The number of aryl methyl sites for hydroxylation is 1. The topological polar surface area (TPSA) is 91.4 Å². The summed E-state index contributed by atoms with van der Waals surface area (Å²) in [5, 5.41) is 11.4. The van der Waals surface area contributed by atoms with E-state index in [4.69, 9.17) is 0 Å². The number of H-pyrrole nitrogens is 2. The van der Waals surface area contributed by atoms with Crippen LogP contribution in [0.2, 0.25) is 0 Å². The Morgan fingerprint density at radius 1 is 1.33 bits per heavy atom.